The van der Waals surface area contributed by atoms with Gasteiger partial charge in [-0.15, -0.1) is 6.58 Å². The number of carbonyl (C=O) groups is 1. The molecule has 0 saturated carbocycles. The fraction of sp³-hybridized carbons (Fsp3) is 0.462. The van der Waals surface area contributed by atoms with Crippen LogP contribution in [0.5, 0.6) is 5.88 Å². The first kappa shape index (κ1) is 18.2. The Morgan fingerprint density at radius 3 is 2.73 bits per heavy atom. The maximum atomic E-state index is 11.9. The second kappa shape index (κ2) is 7.99. The number of allylic oxidation sites excluding steroid dienone is 1. The molecular formula is C13H19N3O5S. The number of nitrogens with zero attached hydrogens (tertiary/aromatic N) is 1. The minimum absolute atomic E-state index is 0.0198. The third-order valence-corrected chi connectivity index (χ3v) is 3.42. The fourth-order valence-corrected chi connectivity index (χ4v) is 2.17. The molecule has 0 aliphatic rings. The van der Waals surface area contributed by atoms with Crippen molar-refractivity contribution in [2.24, 2.45) is 5.73 Å². The van der Waals surface area contributed by atoms with Crippen LogP contribution >= 0.6 is 12.2 Å². The largest absolute Gasteiger partial charge is 0.494 e. The topological polar surface area (TPSA) is 142 Å². The van der Waals surface area contributed by atoms with Gasteiger partial charge in [0.1, 0.15) is 6.10 Å². The summed E-state index contributed by atoms with van der Waals surface area (Å²) in [6.07, 6.45) is -0.348. The normalized spacial score (nSPS) is 13.6. The lowest BCUT2D eigenvalue weighted by Crippen LogP contribution is -2.41. The van der Waals surface area contributed by atoms with Gasteiger partial charge in [-0.05, 0) is 12.2 Å². The quantitative estimate of drug-likeness (QED) is 0.303. The zero-order valence-corrected chi connectivity index (χ0v) is 12.7. The predicted molar refractivity (Wildman–Crippen MR) is 82.1 cm³/mol. The Kier molecular flexibility index (Phi) is 6.62. The van der Waals surface area contributed by atoms with Crippen molar-refractivity contribution in [2.75, 3.05) is 6.61 Å². The number of rotatable bonds is 8. The molecule has 122 valence electrons. The smallest absolute Gasteiger partial charge is 0.258 e. The van der Waals surface area contributed by atoms with E-state index < -0.39 is 29.4 Å². The Morgan fingerprint density at radius 2 is 2.18 bits per heavy atom. The van der Waals surface area contributed by atoms with Gasteiger partial charge >= 0.3 is 0 Å². The molecule has 2 atom stereocenters. The van der Waals surface area contributed by atoms with E-state index >= 15 is 0 Å². The second-order valence-electron chi connectivity index (χ2n) is 4.70. The highest BCUT2D eigenvalue weighted by molar-refractivity contribution is 7.71. The second-order valence-corrected chi connectivity index (χ2v) is 5.09. The molecule has 0 bridgehead atoms. The lowest BCUT2D eigenvalue weighted by atomic mass is 10.00. The molecule has 6 N–H and O–H groups in total. The first-order valence-electron chi connectivity index (χ1n) is 6.57. The SMILES string of the molecule is C=CCn1c(O)c(C[C@@H](N)C(=O)[C@H](O)CCO)c(=O)[nH]c1=S. The van der Waals surface area contributed by atoms with Gasteiger partial charge in [-0.25, -0.2) is 0 Å². The molecule has 1 heterocycles. The Morgan fingerprint density at radius 1 is 1.55 bits per heavy atom. The third-order valence-electron chi connectivity index (χ3n) is 3.10. The summed E-state index contributed by atoms with van der Waals surface area (Å²) in [5.41, 5.74) is 4.92. The molecule has 1 aromatic rings. The molecule has 0 amide bonds. The van der Waals surface area contributed by atoms with Crippen LogP contribution in [-0.4, -0.2) is 49.4 Å². The van der Waals surface area contributed by atoms with Gasteiger partial charge in [0.2, 0.25) is 5.88 Å². The van der Waals surface area contributed by atoms with Crippen LogP contribution in [0.3, 0.4) is 0 Å². The monoisotopic (exact) mass is 329 g/mol. The summed E-state index contributed by atoms with van der Waals surface area (Å²) < 4.78 is 1.26. The zero-order chi connectivity index (χ0) is 16.9. The number of hydrogen-bond donors (Lipinski definition) is 5. The van der Waals surface area contributed by atoms with Crippen molar-refractivity contribution in [3.63, 3.8) is 0 Å². The summed E-state index contributed by atoms with van der Waals surface area (Å²) in [6, 6.07) is -1.19. The van der Waals surface area contributed by atoms with E-state index in [0.717, 1.165) is 0 Å². The first-order chi connectivity index (χ1) is 10.3. The van der Waals surface area contributed by atoms with Gasteiger partial charge in [-0.1, -0.05) is 6.08 Å². The number of Topliss-reactive ketones (excluding diaryl/α,β-unsaturated/α-hetero) is 1. The van der Waals surface area contributed by atoms with Crippen molar-refractivity contribution in [3.05, 3.63) is 33.3 Å². The van der Waals surface area contributed by atoms with Crippen LogP contribution in [0.1, 0.15) is 12.0 Å². The number of aromatic amines is 1. The van der Waals surface area contributed by atoms with Crippen LogP contribution in [0.15, 0.2) is 17.4 Å². The molecule has 0 radical (unpaired) electrons. The van der Waals surface area contributed by atoms with Crippen LogP contribution in [0.4, 0.5) is 0 Å². The average molecular weight is 329 g/mol. The summed E-state index contributed by atoms with van der Waals surface area (Å²) in [5, 5.41) is 28.3. The molecule has 8 nitrogen and oxygen atoms in total. The molecule has 9 heteroatoms. The Hall–Kier alpha value is -1.81. The van der Waals surface area contributed by atoms with Gasteiger partial charge < -0.3 is 21.1 Å². The van der Waals surface area contributed by atoms with Crippen LogP contribution in [0.2, 0.25) is 0 Å². The highest BCUT2D eigenvalue weighted by Crippen LogP contribution is 2.15. The van der Waals surface area contributed by atoms with E-state index in [1.54, 1.807) is 0 Å². The van der Waals surface area contributed by atoms with E-state index in [0.29, 0.717) is 0 Å². The number of ketones is 1. The summed E-state index contributed by atoms with van der Waals surface area (Å²) in [4.78, 5) is 26.1. The maximum absolute atomic E-state index is 11.9. The van der Waals surface area contributed by atoms with Gasteiger partial charge in [0.15, 0.2) is 10.6 Å². The van der Waals surface area contributed by atoms with E-state index in [1.165, 1.54) is 10.6 Å². The number of H-pyrrole nitrogens is 1. The predicted octanol–water partition coefficient (Wildman–Crippen LogP) is -1.02. The van der Waals surface area contributed by atoms with Crippen molar-refractivity contribution in [1.82, 2.24) is 9.55 Å². The molecule has 0 spiro atoms. The summed E-state index contributed by atoms with van der Waals surface area (Å²) in [6.45, 7) is 3.32. The first-order valence-corrected chi connectivity index (χ1v) is 6.98. The standard InChI is InChI=1S/C13H19N3O5S/c1-2-4-16-12(21)7(11(20)15-13(16)22)6-8(14)10(19)9(18)3-5-17/h2,8-9,17-18,21H,1,3-6,14H2,(H,15,20,22)/t8-,9-/m1/s1. The summed E-state index contributed by atoms with van der Waals surface area (Å²) in [7, 11) is 0. The molecule has 0 aromatic carbocycles. The van der Waals surface area contributed by atoms with E-state index in [2.05, 4.69) is 11.6 Å². The highest BCUT2D eigenvalue weighted by atomic mass is 32.1. The molecule has 1 rings (SSSR count). The summed E-state index contributed by atoms with van der Waals surface area (Å²) in [5.74, 6) is -1.11. The number of nitrogens with two attached hydrogens (primary N) is 1. The van der Waals surface area contributed by atoms with E-state index in [4.69, 9.17) is 23.1 Å². The van der Waals surface area contributed by atoms with E-state index in [1.807, 2.05) is 0 Å². The van der Waals surface area contributed by atoms with Crippen molar-refractivity contribution in [1.29, 1.82) is 0 Å². The van der Waals surface area contributed by atoms with Gasteiger partial charge in [-0.2, -0.15) is 0 Å². The number of aliphatic hydroxyl groups excluding tert-OH is 2. The van der Waals surface area contributed by atoms with Crippen molar-refractivity contribution in [2.45, 2.75) is 31.5 Å². The van der Waals surface area contributed by atoms with Gasteiger partial charge in [-0.3, -0.25) is 19.1 Å². The van der Waals surface area contributed by atoms with Crippen LogP contribution in [-0.2, 0) is 17.8 Å². The lowest BCUT2D eigenvalue weighted by molar-refractivity contribution is -0.129. The number of hydrogen-bond acceptors (Lipinski definition) is 7. The fourth-order valence-electron chi connectivity index (χ4n) is 1.92. The molecule has 0 saturated heterocycles. The number of nitrogens with one attached hydrogen (secondary N) is 1. The molecule has 22 heavy (non-hydrogen) atoms. The number of aromatic hydroxyl groups is 1. The van der Waals surface area contributed by atoms with E-state index in [9.17, 15) is 19.8 Å². The third kappa shape index (κ3) is 4.10. The van der Waals surface area contributed by atoms with Crippen LogP contribution in [0.25, 0.3) is 0 Å². The van der Waals surface area contributed by atoms with Crippen molar-refractivity contribution in [3.8, 4) is 5.88 Å². The minimum Gasteiger partial charge on any atom is -0.494 e. The molecule has 0 aliphatic carbocycles. The molecular weight excluding hydrogens is 310 g/mol. The van der Waals surface area contributed by atoms with Crippen molar-refractivity contribution < 1.29 is 20.1 Å². The van der Waals surface area contributed by atoms with Gasteiger partial charge in [0, 0.05) is 26.0 Å². The zero-order valence-electron chi connectivity index (χ0n) is 11.9. The average Bonchev–Trinajstić information content (AvgIpc) is 2.47. The Balaban J connectivity index is 3.10. The Labute approximate surface area is 131 Å². The van der Waals surface area contributed by atoms with Crippen LogP contribution < -0.4 is 11.3 Å². The van der Waals surface area contributed by atoms with E-state index in [-0.39, 0.29) is 36.3 Å². The minimum atomic E-state index is -1.42. The number of carbonyl (C=O) groups excluding carboxylic acids is 1. The Bertz CT molecular complexity index is 667. The molecule has 0 unspecified atom stereocenters. The van der Waals surface area contributed by atoms with Gasteiger partial charge in [0.05, 0.1) is 11.6 Å². The van der Waals surface area contributed by atoms with Gasteiger partial charge in [0.25, 0.3) is 5.56 Å². The van der Waals surface area contributed by atoms with Crippen LogP contribution in [0, 0.1) is 4.77 Å². The van der Waals surface area contributed by atoms with Crippen molar-refractivity contribution >= 4 is 18.0 Å². The molecule has 0 fully saturated rings. The lowest BCUT2D eigenvalue weighted by Gasteiger charge is -2.16. The molecule has 1 aromatic heterocycles. The molecule has 0 aliphatic heterocycles. The highest BCUT2D eigenvalue weighted by Gasteiger charge is 2.25. The maximum Gasteiger partial charge on any atom is 0.258 e. The number of aromatic nitrogens is 2. The summed E-state index contributed by atoms with van der Waals surface area (Å²) >= 11 is 4.93. The number of aliphatic hydroxyl groups is 2.